The molecule has 3 aromatic carbocycles. The van der Waals surface area contributed by atoms with Crippen LogP contribution in [0.3, 0.4) is 0 Å². The summed E-state index contributed by atoms with van der Waals surface area (Å²) in [6.45, 7) is 1.64. The predicted molar refractivity (Wildman–Crippen MR) is 141 cm³/mol. The highest BCUT2D eigenvalue weighted by atomic mass is 35.5. The van der Waals surface area contributed by atoms with Crippen LogP contribution >= 0.6 is 23.4 Å². The molecule has 1 fully saturated rings. The van der Waals surface area contributed by atoms with Crippen LogP contribution in [0.4, 0.5) is 14.9 Å². The number of ether oxygens (including phenoxy) is 2. The largest absolute Gasteiger partial charge is 0.493 e. The number of imide groups is 1. The molecule has 3 amide bonds. The summed E-state index contributed by atoms with van der Waals surface area (Å²) in [5, 5.41) is 2.45. The Morgan fingerprint density at radius 1 is 1.11 bits per heavy atom. The van der Waals surface area contributed by atoms with E-state index >= 15 is 0 Å². The predicted octanol–water partition coefficient (Wildman–Crippen LogP) is 6.05. The molecule has 4 rings (SSSR count). The zero-order chi connectivity index (χ0) is 26.5. The van der Waals surface area contributed by atoms with Crippen LogP contribution in [0.2, 0.25) is 5.02 Å². The molecule has 1 aliphatic heterocycles. The fourth-order valence-electron chi connectivity index (χ4n) is 3.56. The van der Waals surface area contributed by atoms with Crippen LogP contribution < -0.4 is 14.8 Å². The van der Waals surface area contributed by atoms with Gasteiger partial charge in [-0.2, -0.15) is 0 Å². The molecule has 0 aromatic heterocycles. The number of amides is 3. The van der Waals surface area contributed by atoms with Crippen molar-refractivity contribution >= 4 is 52.2 Å². The van der Waals surface area contributed by atoms with Crippen molar-refractivity contribution in [2.24, 2.45) is 0 Å². The summed E-state index contributed by atoms with van der Waals surface area (Å²) >= 11 is 6.84. The maximum absolute atomic E-state index is 13.3. The maximum Gasteiger partial charge on any atom is 0.293 e. The molecule has 37 heavy (non-hydrogen) atoms. The van der Waals surface area contributed by atoms with E-state index in [0.29, 0.717) is 28.3 Å². The molecule has 0 spiro atoms. The van der Waals surface area contributed by atoms with Crippen molar-refractivity contribution in [2.75, 3.05) is 19.0 Å². The Bertz CT molecular complexity index is 1410. The molecular formula is C27H22ClFN2O5S. The Hall–Kier alpha value is -3.82. The number of anilines is 1. The average molecular weight is 541 g/mol. The number of rotatable bonds is 8. The first-order valence-electron chi connectivity index (χ1n) is 11.1. The number of nitrogens with one attached hydrogen (secondary N) is 1. The van der Waals surface area contributed by atoms with E-state index < -0.39 is 17.0 Å². The summed E-state index contributed by atoms with van der Waals surface area (Å²) in [5.41, 5.74) is 2.75. The normalized spacial score (nSPS) is 14.3. The monoisotopic (exact) mass is 540 g/mol. The zero-order valence-corrected chi connectivity index (χ0v) is 21.5. The first-order chi connectivity index (χ1) is 17.7. The van der Waals surface area contributed by atoms with Crippen LogP contribution in [0, 0.1) is 12.7 Å². The first-order valence-corrected chi connectivity index (χ1v) is 12.3. The van der Waals surface area contributed by atoms with Gasteiger partial charge in [-0.05, 0) is 77.9 Å². The minimum absolute atomic E-state index is 0.0676. The number of benzene rings is 3. The van der Waals surface area contributed by atoms with E-state index in [2.05, 4.69) is 5.32 Å². The molecule has 0 unspecified atom stereocenters. The third-order valence-corrected chi connectivity index (χ3v) is 6.62. The van der Waals surface area contributed by atoms with E-state index in [1.165, 1.54) is 19.2 Å². The van der Waals surface area contributed by atoms with Gasteiger partial charge in [0, 0.05) is 10.7 Å². The summed E-state index contributed by atoms with van der Waals surface area (Å²) in [6.07, 6.45) is 1.56. The fraction of sp³-hybridized carbons (Fsp3) is 0.148. The lowest BCUT2D eigenvalue weighted by Crippen LogP contribution is -2.27. The molecular weight excluding hydrogens is 519 g/mol. The van der Waals surface area contributed by atoms with Crippen molar-refractivity contribution in [1.82, 2.24) is 4.90 Å². The fourth-order valence-corrected chi connectivity index (χ4v) is 4.63. The lowest BCUT2D eigenvalue weighted by atomic mass is 10.1. The SMILES string of the molecule is COc1cc(/C=C2\SC(=O)N(Cc3ccc(F)cc3Cl)C2=O)ccc1OCC(=O)Nc1cccc(C)c1. The molecule has 3 aromatic rings. The lowest BCUT2D eigenvalue weighted by Gasteiger charge is -2.13. The molecule has 1 heterocycles. The topological polar surface area (TPSA) is 84.9 Å². The van der Waals surface area contributed by atoms with E-state index in [-0.39, 0.29) is 29.0 Å². The quantitative estimate of drug-likeness (QED) is 0.350. The van der Waals surface area contributed by atoms with Crippen LogP contribution in [0.15, 0.2) is 65.6 Å². The number of nitrogens with zero attached hydrogens (tertiary/aromatic N) is 1. The van der Waals surface area contributed by atoms with Crippen molar-refractivity contribution in [3.8, 4) is 11.5 Å². The van der Waals surface area contributed by atoms with Crippen molar-refractivity contribution in [3.63, 3.8) is 0 Å². The highest BCUT2D eigenvalue weighted by molar-refractivity contribution is 8.18. The van der Waals surface area contributed by atoms with Gasteiger partial charge in [0.1, 0.15) is 5.82 Å². The standard InChI is InChI=1S/C27H22ClFN2O5S/c1-16-4-3-5-20(10-16)30-25(32)15-36-22-9-6-17(11-23(22)35-2)12-24-26(33)31(27(34)37-24)14-18-7-8-19(29)13-21(18)28/h3-13H,14-15H2,1-2H3,(H,30,32)/b24-12-. The second-order valence-electron chi connectivity index (χ2n) is 8.12. The maximum atomic E-state index is 13.3. The van der Waals surface area contributed by atoms with Gasteiger partial charge in [-0.3, -0.25) is 19.3 Å². The van der Waals surface area contributed by atoms with E-state index in [9.17, 15) is 18.8 Å². The highest BCUT2D eigenvalue weighted by Crippen LogP contribution is 2.36. The summed E-state index contributed by atoms with van der Waals surface area (Å²) in [5.74, 6) is -0.613. The van der Waals surface area contributed by atoms with E-state index in [4.69, 9.17) is 21.1 Å². The van der Waals surface area contributed by atoms with Gasteiger partial charge >= 0.3 is 0 Å². The van der Waals surface area contributed by atoms with Crippen LogP contribution in [0.25, 0.3) is 6.08 Å². The number of methoxy groups -OCH3 is 1. The second-order valence-corrected chi connectivity index (χ2v) is 9.52. The highest BCUT2D eigenvalue weighted by Gasteiger charge is 2.35. The molecule has 0 radical (unpaired) electrons. The summed E-state index contributed by atoms with van der Waals surface area (Å²) in [4.78, 5) is 38.9. The van der Waals surface area contributed by atoms with Crippen molar-refractivity contribution < 1.29 is 28.2 Å². The lowest BCUT2D eigenvalue weighted by molar-refractivity contribution is -0.123. The third-order valence-electron chi connectivity index (χ3n) is 5.36. The van der Waals surface area contributed by atoms with Gasteiger partial charge in [-0.1, -0.05) is 35.9 Å². The van der Waals surface area contributed by atoms with Crippen LogP contribution in [0.1, 0.15) is 16.7 Å². The smallest absolute Gasteiger partial charge is 0.293 e. The Balaban J connectivity index is 1.43. The molecule has 10 heteroatoms. The van der Waals surface area contributed by atoms with Gasteiger partial charge < -0.3 is 14.8 Å². The van der Waals surface area contributed by atoms with Crippen molar-refractivity contribution in [1.29, 1.82) is 0 Å². The van der Waals surface area contributed by atoms with Gasteiger partial charge in [-0.15, -0.1) is 0 Å². The number of halogens is 2. The average Bonchev–Trinajstić information content (AvgIpc) is 3.11. The van der Waals surface area contributed by atoms with E-state index in [1.54, 1.807) is 30.3 Å². The number of carbonyl (C=O) groups is 3. The molecule has 0 atom stereocenters. The number of hydrogen-bond donors (Lipinski definition) is 1. The van der Waals surface area contributed by atoms with Gasteiger partial charge in [0.2, 0.25) is 0 Å². The van der Waals surface area contributed by atoms with Crippen LogP contribution in [-0.2, 0) is 16.1 Å². The molecule has 0 bridgehead atoms. The molecule has 7 nitrogen and oxygen atoms in total. The summed E-state index contributed by atoms with van der Waals surface area (Å²) < 4.78 is 24.3. The minimum Gasteiger partial charge on any atom is -0.493 e. The zero-order valence-electron chi connectivity index (χ0n) is 19.9. The number of carbonyl (C=O) groups excluding carboxylic acids is 3. The Morgan fingerprint density at radius 2 is 1.92 bits per heavy atom. The van der Waals surface area contributed by atoms with Gasteiger partial charge in [0.25, 0.3) is 17.1 Å². The van der Waals surface area contributed by atoms with Gasteiger partial charge in [0.15, 0.2) is 18.1 Å². The first kappa shape index (κ1) is 26.2. The third kappa shape index (κ3) is 6.49. The minimum atomic E-state index is -0.504. The summed E-state index contributed by atoms with van der Waals surface area (Å²) in [7, 11) is 1.46. The van der Waals surface area contributed by atoms with Crippen LogP contribution in [0.5, 0.6) is 11.5 Å². The molecule has 0 saturated carbocycles. The van der Waals surface area contributed by atoms with Gasteiger partial charge in [0.05, 0.1) is 18.6 Å². The van der Waals surface area contributed by atoms with Gasteiger partial charge in [-0.25, -0.2) is 4.39 Å². The molecule has 190 valence electrons. The van der Waals surface area contributed by atoms with Crippen LogP contribution in [-0.4, -0.2) is 35.7 Å². The summed E-state index contributed by atoms with van der Waals surface area (Å²) in [6, 6.07) is 16.1. The number of thioether (sulfide) groups is 1. The Labute approximate surface area is 222 Å². The molecule has 1 saturated heterocycles. The number of aryl methyl sites for hydroxylation is 1. The second kappa shape index (κ2) is 11.5. The number of hydrogen-bond acceptors (Lipinski definition) is 6. The van der Waals surface area contributed by atoms with Crippen molar-refractivity contribution in [3.05, 3.63) is 93.1 Å². The molecule has 1 aliphatic rings. The Morgan fingerprint density at radius 3 is 2.65 bits per heavy atom. The van der Waals surface area contributed by atoms with Crippen molar-refractivity contribution in [2.45, 2.75) is 13.5 Å². The Kier molecular flexibility index (Phi) is 8.15. The molecule has 1 N–H and O–H groups in total. The molecule has 0 aliphatic carbocycles. The van der Waals surface area contributed by atoms with E-state index in [1.807, 2.05) is 25.1 Å². The van der Waals surface area contributed by atoms with E-state index in [0.717, 1.165) is 28.3 Å².